The average molecular weight is 429 g/mol. The minimum Gasteiger partial charge on any atom is -0.393 e. The first-order valence-corrected chi connectivity index (χ1v) is 13.1. The van der Waals surface area contributed by atoms with Crippen molar-refractivity contribution < 1.29 is 10.2 Å². The van der Waals surface area contributed by atoms with Crippen molar-refractivity contribution in [1.29, 1.82) is 0 Å². The second-order valence-electron chi connectivity index (χ2n) is 13.1. The lowest BCUT2D eigenvalue weighted by atomic mass is 9.43. The van der Waals surface area contributed by atoms with Gasteiger partial charge in [0.05, 0.1) is 12.2 Å². The Balaban J connectivity index is 1.61. The van der Waals surface area contributed by atoms with Crippen molar-refractivity contribution in [3.8, 4) is 0 Å². The monoisotopic (exact) mass is 428 g/mol. The van der Waals surface area contributed by atoms with E-state index in [0.717, 1.165) is 25.7 Å². The summed E-state index contributed by atoms with van der Waals surface area (Å²) in [5, 5.41) is 22.5. The number of aliphatic hydroxyl groups is 2. The molecule has 0 radical (unpaired) electrons. The van der Waals surface area contributed by atoms with Gasteiger partial charge in [0.1, 0.15) is 0 Å². The molecular weight excluding hydrogens is 380 g/mol. The van der Waals surface area contributed by atoms with Crippen molar-refractivity contribution in [3.63, 3.8) is 0 Å². The summed E-state index contributed by atoms with van der Waals surface area (Å²) in [6.45, 7) is 16.2. The molecule has 4 aliphatic rings. The van der Waals surface area contributed by atoms with E-state index in [9.17, 15) is 10.2 Å². The van der Waals surface area contributed by atoms with Crippen LogP contribution in [0.1, 0.15) is 99.8 Å². The van der Waals surface area contributed by atoms with Gasteiger partial charge in [-0.3, -0.25) is 0 Å². The number of aliphatic hydroxyl groups excluding tert-OH is 2. The normalized spacial score (nSPS) is 46.9. The highest BCUT2D eigenvalue weighted by atomic mass is 16.3. The molecule has 3 saturated carbocycles. The molecule has 2 N–H and O–H groups in total. The van der Waals surface area contributed by atoms with Crippen LogP contribution >= 0.6 is 0 Å². The minimum atomic E-state index is -0.236. The summed E-state index contributed by atoms with van der Waals surface area (Å²) < 4.78 is 0. The Morgan fingerprint density at radius 1 is 1.06 bits per heavy atom. The van der Waals surface area contributed by atoms with Gasteiger partial charge in [-0.1, -0.05) is 57.9 Å². The van der Waals surface area contributed by atoms with Gasteiger partial charge >= 0.3 is 0 Å². The van der Waals surface area contributed by atoms with Gasteiger partial charge in [0.2, 0.25) is 0 Å². The Morgan fingerprint density at radius 3 is 2.45 bits per heavy atom. The van der Waals surface area contributed by atoms with Crippen LogP contribution in [0, 0.1) is 45.8 Å². The smallest absolute Gasteiger partial charge is 0.0628 e. The summed E-state index contributed by atoms with van der Waals surface area (Å²) >= 11 is 0. The van der Waals surface area contributed by atoms with Crippen LogP contribution in [0.4, 0.5) is 0 Å². The summed E-state index contributed by atoms with van der Waals surface area (Å²) in [4.78, 5) is 0. The summed E-state index contributed by atoms with van der Waals surface area (Å²) in [6, 6.07) is 0. The maximum atomic E-state index is 11.7. The molecule has 2 heteroatoms. The number of allylic oxidation sites excluding steroid dienone is 3. The molecule has 3 fully saturated rings. The fourth-order valence-electron chi connectivity index (χ4n) is 9.15. The van der Waals surface area contributed by atoms with E-state index in [2.05, 4.69) is 60.6 Å². The molecule has 4 rings (SSSR count). The molecule has 0 heterocycles. The lowest BCUT2D eigenvalue weighted by Gasteiger charge is -2.62. The standard InChI is InChI=1S/C29H48O2/c1-18(2)9-8-10-19(3)21-12-13-22-20-11-14-24-27(4,5)25(30)15-16-28(24,6)23(20)17-26(31)29(21,22)7/h9,14,19-23,25-26,30-31H,8,10-13,15-17H2,1-7H3/t19-,20+,21-,22+,23+,25+,26+,28-,29-/m1/s1. The van der Waals surface area contributed by atoms with Gasteiger partial charge in [-0.2, -0.15) is 0 Å². The van der Waals surface area contributed by atoms with E-state index in [1.807, 2.05) is 0 Å². The highest BCUT2D eigenvalue weighted by Crippen LogP contribution is 2.68. The maximum absolute atomic E-state index is 11.7. The van der Waals surface area contributed by atoms with E-state index >= 15 is 0 Å². The van der Waals surface area contributed by atoms with Gasteiger partial charge in [-0.15, -0.1) is 0 Å². The maximum Gasteiger partial charge on any atom is 0.0628 e. The van der Waals surface area contributed by atoms with Crippen molar-refractivity contribution in [2.75, 3.05) is 0 Å². The van der Waals surface area contributed by atoms with Gasteiger partial charge in [-0.25, -0.2) is 0 Å². The van der Waals surface area contributed by atoms with Crippen LogP contribution in [-0.2, 0) is 0 Å². The van der Waals surface area contributed by atoms with Crippen LogP contribution < -0.4 is 0 Å². The SMILES string of the molecule is CC(C)=CCC[C@@H](C)[C@H]1CC[C@H]2[C@@H]3CC=C4C(C)(C)[C@@H](O)CC[C@]4(C)[C@H]3C[C@H](O)[C@]12C. The Bertz CT molecular complexity index is 744. The van der Waals surface area contributed by atoms with Crippen molar-refractivity contribution in [2.24, 2.45) is 45.8 Å². The van der Waals surface area contributed by atoms with Gasteiger partial charge in [0.25, 0.3) is 0 Å². The zero-order chi connectivity index (χ0) is 22.8. The minimum absolute atomic E-state index is 0.0664. The summed E-state index contributed by atoms with van der Waals surface area (Å²) in [7, 11) is 0. The third-order valence-electron chi connectivity index (χ3n) is 11.0. The van der Waals surface area contributed by atoms with Crippen LogP contribution in [0.2, 0.25) is 0 Å². The van der Waals surface area contributed by atoms with Crippen molar-refractivity contribution in [1.82, 2.24) is 0 Å². The van der Waals surface area contributed by atoms with Gasteiger partial charge in [0, 0.05) is 5.41 Å². The topological polar surface area (TPSA) is 40.5 Å². The Kier molecular flexibility index (Phi) is 6.09. The van der Waals surface area contributed by atoms with E-state index in [1.165, 1.54) is 36.8 Å². The van der Waals surface area contributed by atoms with E-state index in [4.69, 9.17) is 0 Å². The molecular formula is C29H48O2. The molecule has 0 saturated heterocycles. The molecule has 0 aromatic rings. The van der Waals surface area contributed by atoms with Crippen LogP contribution in [0.3, 0.4) is 0 Å². The molecule has 0 unspecified atom stereocenters. The number of hydrogen-bond donors (Lipinski definition) is 2. The molecule has 9 atom stereocenters. The molecule has 0 spiro atoms. The first kappa shape index (κ1) is 23.6. The second-order valence-corrected chi connectivity index (χ2v) is 13.1. The van der Waals surface area contributed by atoms with Crippen LogP contribution in [0.25, 0.3) is 0 Å². The van der Waals surface area contributed by atoms with Crippen molar-refractivity contribution >= 4 is 0 Å². The largest absolute Gasteiger partial charge is 0.393 e. The Morgan fingerprint density at radius 2 is 1.77 bits per heavy atom. The lowest BCUT2D eigenvalue weighted by molar-refractivity contribution is -0.142. The predicted molar refractivity (Wildman–Crippen MR) is 130 cm³/mol. The Labute approximate surface area is 191 Å². The molecule has 176 valence electrons. The molecule has 31 heavy (non-hydrogen) atoms. The first-order chi connectivity index (χ1) is 14.4. The molecule has 0 bridgehead atoms. The molecule has 0 aliphatic heterocycles. The number of fused-ring (bicyclic) bond motifs is 5. The molecule has 0 aromatic heterocycles. The van der Waals surface area contributed by atoms with E-state index in [0.29, 0.717) is 29.6 Å². The zero-order valence-electron chi connectivity index (χ0n) is 21.2. The van der Waals surface area contributed by atoms with Crippen molar-refractivity contribution in [2.45, 2.75) is 112 Å². The average Bonchev–Trinajstić information content (AvgIpc) is 3.05. The van der Waals surface area contributed by atoms with Crippen molar-refractivity contribution in [3.05, 3.63) is 23.3 Å². The second kappa shape index (κ2) is 8.01. The van der Waals surface area contributed by atoms with Gasteiger partial charge in [-0.05, 0) is 106 Å². The van der Waals surface area contributed by atoms with E-state index < -0.39 is 0 Å². The molecule has 2 nitrogen and oxygen atoms in total. The number of hydrogen-bond acceptors (Lipinski definition) is 2. The van der Waals surface area contributed by atoms with Crippen LogP contribution in [0.15, 0.2) is 23.3 Å². The predicted octanol–water partition coefficient (Wildman–Crippen LogP) is 6.92. The zero-order valence-corrected chi connectivity index (χ0v) is 21.2. The van der Waals surface area contributed by atoms with Crippen LogP contribution in [0.5, 0.6) is 0 Å². The molecule has 0 amide bonds. The lowest BCUT2D eigenvalue weighted by Crippen LogP contribution is -2.58. The highest BCUT2D eigenvalue weighted by molar-refractivity contribution is 5.31. The first-order valence-electron chi connectivity index (χ1n) is 13.1. The molecule has 0 aromatic carbocycles. The highest BCUT2D eigenvalue weighted by Gasteiger charge is 2.64. The summed E-state index contributed by atoms with van der Waals surface area (Å²) in [6.07, 6.45) is 13.5. The van der Waals surface area contributed by atoms with Gasteiger partial charge in [0.15, 0.2) is 0 Å². The molecule has 4 aliphatic carbocycles. The third kappa shape index (κ3) is 3.50. The quantitative estimate of drug-likeness (QED) is 0.477. The number of rotatable bonds is 4. The van der Waals surface area contributed by atoms with Gasteiger partial charge < -0.3 is 10.2 Å². The Hall–Kier alpha value is -0.600. The van der Waals surface area contributed by atoms with E-state index in [1.54, 1.807) is 0 Å². The summed E-state index contributed by atoms with van der Waals surface area (Å²) in [5.74, 6) is 3.21. The summed E-state index contributed by atoms with van der Waals surface area (Å²) in [5.41, 5.74) is 2.97. The van der Waals surface area contributed by atoms with Crippen LogP contribution in [-0.4, -0.2) is 22.4 Å². The van der Waals surface area contributed by atoms with E-state index in [-0.39, 0.29) is 28.5 Å². The third-order valence-corrected chi connectivity index (χ3v) is 11.0. The fraction of sp³-hybridized carbons (Fsp3) is 0.862. The fourth-order valence-corrected chi connectivity index (χ4v) is 9.15.